The molecular formula is C63H105N2O7P. The van der Waals surface area contributed by atoms with Gasteiger partial charge in [-0.25, -0.2) is 0 Å². The summed E-state index contributed by atoms with van der Waals surface area (Å²) in [6.07, 6.45) is 72.9. The number of rotatable bonds is 49. The van der Waals surface area contributed by atoms with E-state index in [2.05, 4.69) is 148 Å². The number of amides is 1. The smallest absolute Gasteiger partial charge is 0.306 e. The van der Waals surface area contributed by atoms with Crippen LogP contribution in [0.4, 0.5) is 0 Å². The van der Waals surface area contributed by atoms with Crippen LogP contribution in [0.1, 0.15) is 201 Å². The average molecular weight is 1030 g/mol. The Hall–Kier alpha value is -3.85. The third kappa shape index (κ3) is 52.8. The molecule has 73 heavy (non-hydrogen) atoms. The molecule has 3 atom stereocenters. The molecule has 10 heteroatoms. The van der Waals surface area contributed by atoms with Crippen LogP contribution in [0.15, 0.2) is 134 Å². The molecule has 0 heterocycles. The SMILES string of the molecule is CC/C=C\C/C=C\C/C=C\C/C=C\C/C=C\CCCC(=O)NC(COP(=O)([O-])OCC[N+](C)(C)C)C(/C=C/CCCCCCCCCCCCC)OC(=O)CCC/C=C\C/C=C\C/C=C\C/C=C\C/C=C\CC. The lowest BCUT2D eigenvalue weighted by Crippen LogP contribution is -2.47. The monoisotopic (exact) mass is 1030 g/mol. The maximum absolute atomic E-state index is 13.5. The van der Waals surface area contributed by atoms with Crippen molar-refractivity contribution in [2.45, 2.75) is 213 Å². The van der Waals surface area contributed by atoms with Gasteiger partial charge in [-0.1, -0.05) is 213 Å². The minimum Gasteiger partial charge on any atom is -0.756 e. The summed E-state index contributed by atoms with van der Waals surface area (Å²) in [6.45, 7) is 6.50. The summed E-state index contributed by atoms with van der Waals surface area (Å²) in [5, 5.41) is 2.97. The van der Waals surface area contributed by atoms with Crippen molar-refractivity contribution in [3.8, 4) is 0 Å². The van der Waals surface area contributed by atoms with Gasteiger partial charge in [0.1, 0.15) is 19.3 Å². The van der Waals surface area contributed by atoms with E-state index < -0.39 is 32.5 Å². The van der Waals surface area contributed by atoms with Crippen molar-refractivity contribution in [2.75, 3.05) is 40.9 Å². The molecule has 0 bridgehead atoms. The number of hydrogen-bond acceptors (Lipinski definition) is 7. The second-order valence-corrected chi connectivity index (χ2v) is 21.1. The van der Waals surface area contributed by atoms with E-state index in [1.165, 1.54) is 57.8 Å². The number of allylic oxidation sites excluding steroid dienone is 21. The van der Waals surface area contributed by atoms with Gasteiger partial charge in [0.25, 0.3) is 7.82 Å². The highest BCUT2D eigenvalue weighted by molar-refractivity contribution is 7.45. The Labute approximate surface area is 447 Å². The number of nitrogens with zero attached hydrogens (tertiary/aromatic N) is 1. The number of quaternary nitrogens is 1. The quantitative estimate of drug-likeness (QED) is 0.0212. The van der Waals surface area contributed by atoms with E-state index in [1.54, 1.807) is 6.08 Å². The average Bonchev–Trinajstić information content (AvgIpc) is 3.35. The van der Waals surface area contributed by atoms with Gasteiger partial charge in [0.2, 0.25) is 5.91 Å². The Bertz CT molecular complexity index is 1710. The molecular weight excluding hydrogens is 928 g/mol. The lowest BCUT2D eigenvalue weighted by Gasteiger charge is -2.30. The second kappa shape index (κ2) is 51.6. The molecule has 0 aromatic heterocycles. The Kier molecular flexibility index (Phi) is 48.9. The zero-order valence-electron chi connectivity index (χ0n) is 47.0. The molecule has 1 amide bonds. The standard InChI is InChI=1S/C63H105N2O7P/c1-7-10-13-16-19-22-25-28-30-32-34-37-40-43-46-49-52-55-62(66)64-60(59-71-73(68,69)70-58-57-65(4,5)6)61(54-51-48-45-42-39-36-27-24-21-18-15-12-9-3)72-63(67)56-53-50-47-44-41-38-35-33-31-29-26-23-20-17-14-11-8-2/h10-11,13-14,19-20,22-23,28-31,34-35,37-38,43-44,46-47,51,54,60-61H,7-9,12,15-18,21,24-27,32-33,36,39-42,45,48-50,52-53,55-59H2,1-6H3,(H-,64,66,68,69)/b13-10-,14-11-,22-19-,23-20-,30-28-,31-29-,37-34-,38-35-,46-43-,47-44-,54-51+. The summed E-state index contributed by atoms with van der Waals surface area (Å²) in [5.41, 5.74) is 0. The Morgan fingerprint density at radius 3 is 1.30 bits per heavy atom. The first kappa shape index (κ1) is 69.2. The van der Waals surface area contributed by atoms with Gasteiger partial charge in [0.05, 0.1) is 33.8 Å². The van der Waals surface area contributed by atoms with Gasteiger partial charge in [0.15, 0.2) is 0 Å². The van der Waals surface area contributed by atoms with E-state index in [0.717, 1.165) is 83.5 Å². The molecule has 0 radical (unpaired) electrons. The molecule has 9 nitrogen and oxygen atoms in total. The van der Waals surface area contributed by atoms with Gasteiger partial charge in [-0.2, -0.15) is 0 Å². The van der Waals surface area contributed by atoms with Crippen LogP contribution in [0.25, 0.3) is 0 Å². The molecule has 3 unspecified atom stereocenters. The van der Waals surface area contributed by atoms with Crippen molar-refractivity contribution in [2.24, 2.45) is 0 Å². The fraction of sp³-hybridized carbons (Fsp3) is 0.619. The predicted octanol–water partition coefficient (Wildman–Crippen LogP) is 16.7. The van der Waals surface area contributed by atoms with Crippen molar-refractivity contribution in [3.05, 3.63) is 134 Å². The molecule has 0 aromatic carbocycles. The van der Waals surface area contributed by atoms with Crippen molar-refractivity contribution in [3.63, 3.8) is 0 Å². The molecule has 0 aliphatic rings. The molecule has 1 N–H and O–H groups in total. The number of phosphoric ester groups is 1. The van der Waals surface area contributed by atoms with Crippen LogP contribution in [-0.2, 0) is 27.9 Å². The van der Waals surface area contributed by atoms with Gasteiger partial charge in [-0.15, -0.1) is 0 Å². The van der Waals surface area contributed by atoms with E-state index in [1.807, 2.05) is 27.2 Å². The number of hydrogen-bond donors (Lipinski definition) is 1. The van der Waals surface area contributed by atoms with Crippen LogP contribution in [-0.4, -0.2) is 69.4 Å². The van der Waals surface area contributed by atoms with Crippen LogP contribution in [0.2, 0.25) is 0 Å². The zero-order valence-corrected chi connectivity index (χ0v) is 47.9. The lowest BCUT2D eigenvalue weighted by atomic mass is 10.0. The van der Waals surface area contributed by atoms with Gasteiger partial charge >= 0.3 is 5.97 Å². The number of nitrogens with one attached hydrogen (secondary N) is 1. The first-order valence-electron chi connectivity index (χ1n) is 28.5. The van der Waals surface area contributed by atoms with Crippen LogP contribution < -0.4 is 10.2 Å². The van der Waals surface area contributed by atoms with Crippen LogP contribution in [0.5, 0.6) is 0 Å². The van der Waals surface area contributed by atoms with E-state index in [4.69, 9.17) is 13.8 Å². The van der Waals surface area contributed by atoms with Crippen LogP contribution >= 0.6 is 7.82 Å². The van der Waals surface area contributed by atoms with Crippen molar-refractivity contribution < 1.29 is 37.3 Å². The highest BCUT2D eigenvalue weighted by atomic mass is 31.2. The normalized spacial score (nSPS) is 14.8. The zero-order chi connectivity index (χ0) is 53.6. The maximum Gasteiger partial charge on any atom is 0.306 e. The van der Waals surface area contributed by atoms with Gasteiger partial charge in [-0.3, -0.25) is 14.2 Å². The van der Waals surface area contributed by atoms with E-state index in [-0.39, 0.29) is 25.4 Å². The molecule has 0 aromatic rings. The van der Waals surface area contributed by atoms with E-state index in [9.17, 15) is 19.0 Å². The summed E-state index contributed by atoms with van der Waals surface area (Å²) in [4.78, 5) is 39.8. The molecule has 0 saturated heterocycles. The van der Waals surface area contributed by atoms with Crippen molar-refractivity contribution >= 4 is 19.7 Å². The van der Waals surface area contributed by atoms with E-state index >= 15 is 0 Å². The number of unbranched alkanes of at least 4 members (excludes halogenated alkanes) is 13. The van der Waals surface area contributed by atoms with Gasteiger partial charge in [0, 0.05) is 12.8 Å². The summed E-state index contributed by atoms with van der Waals surface area (Å²) in [6, 6.07) is -0.950. The number of ether oxygens (including phenoxy) is 1. The third-order valence-electron chi connectivity index (χ3n) is 11.6. The number of phosphoric acid groups is 1. The number of likely N-dealkylation sites (N-methyl/N-ethyl adjacent to an activating group) is 1. The molecule has 0 aliphatic carbocycles. The molecule has 0 aliphatic heterocycles. The third-order valence-corrected chi connectivity index (χ3v) is 12.5. The molecule has 0 fully saturated rings. The summed E-state index contributed by atoms with van der Waals surface area (Å²) >= 11 is 0. The van der Waals surface area contributed by atoms with Crippen LogP contribution in [0.3, 0.4) is 0 Å². The highest BCUT2D eigenvalue weighted by Gasteiger charge is 2.27. The minimum absolute atomic E-state index is 0.0493. The fourth-order valence-corrected chi connectivity index (χ4v) is 7.96. The number of carbonyl (C=O) groups is 2. The summed E-state index contributed by atoms with van der Waals surface area (Å²) < 4.78 is 30.1. The largest absolute Gasteiger partial charge is 0.756 e. The summed E-state index contributed by atoms with van der Waals surface area (Å²) in [7, 11) is 1.10. The molecule has 0 spiro atoms. The molecule has 414 valence electrons. The van der Waals surface area contributed by atoms with Crippen molar-refractivity contribution in [1.29, 1.82) is 0 Å². The first-order chi connectivity index (χ1) is 35.4. The summed E-state index contributed by atoms with van der Waals surface area (Å²) in [5.74, 6) is -0.690. The lowest BCUT2D eigenvalue weighted by molar-refractivity contribution is -0.870. The predicted molar refractivity (Wildman–Crippen MR) is 311 cm³/mol. The first-order valence-corrected chi connectivity index (χ1v) is 30.0. The Balaban J connectivity index is 5.58. The number of carbonyl (C=O) groups excluding carboxylic acids is 2. The molecule has 0 rings (SSSR count). The topological polar surface area (TPSA) is 114 Å². The Morgan fingerprint density at radius 1 is 0.493 bits per heavy atom. The van der Waals surface area contributed by atoms with Crippen LogP contribution in [0, 0.1) is 0 Å². The second-order valence-electron chi connectivity index (χ2n) is 19.7. The van der Waals surface area contributed by atoms with Crippen molar-refractivity contribution in [1.82, 2.24) is 5.32 Å². The molecule has 0 saturated carbocycles. The maximum atomic E-state index is 13.5. The number of esters is 1. The minimum atomic E-state index is -4.73. The fourth-order valence-electron chi connectivity index (χ4n) is 7.24. The Morgan fingerprint density at radius 2 is 0.877 bits per heavy atom. The van der Waals surface area contributed by atoms with Gasteiger partial charge < -0.3 is 28.5 Å². The van der Waals surface area contributed by atoms with E-state index in [0.29, 0.717) is 36.7 Å². The highest BCUT2D eigenvalue weighted by Crippen LogP contribution is 2.38. The van der Waals surface area contributed by atoms with Gasteiger partial charge in [-0.05, 0) is 109 Å².